The van der Waals surface area contributed by atoms with E-state index in [2.05, 4.69) is 15.2 Å². The number of sulfonamides is 1. The molecule has 0 saturated carbocycles. The van der Waals surface area contributed by atoms with Gasteiger partial charge >= 0.3 is 5.97 Å². The zero-order valence-electron chi connectivity index (χ0n) is 14.6. The molecular formula is C18H20ClN3O4S. The monoisotopic (exact) mass is 409 g/mol. The number of carboxylic acids is 1. The second-order valence-electron chi connectivity index (χ2n) is 5.71. The molecule has 0 atom stereocenters. The molecule has 0 spiro atoms. The van der Waals surface area contributed by atoms with E-state index >= 15 is 0 Å². The van der Waals surface area contributed by atoms with Crippen molar-refractivity contribution in [2.24, 2.45) is 5.10 Å². The van der Waals surface area contributed by atoms with Crippen molar-refractivity contribution < 1.29 is 18.3 Å². The van der Waals surface area contributed by atoms with Crippen LogP contribution in [-0.2, 0) is 14.8 Å². The summed E-state index contributed by atoms with van der Waals surface area (Å²) in [6.45, 7) is 1.86. The van der Waals surface area contributed by atoms with Gasteiger partial charge in [-0.1, -0.05) is 35.9 Å². The van der Waals surface area contributed by atoms with Crippen molar-refractivity contribution in [3.8, 4) is 0 Å². The Kier molecular flexibility index (Phi) is 7.35. The number of hydrogen-bond acceptors (Lipinski definition) is 5. The van der Waals surface area contributed by atoms with Crippen molar-refractivity contribution in [1.29, 1.82) is 0 Å². The topological polar surface area (TPSA) is 108 Å². The number of carboxylic acid groups (broad SMARTS) is 1. The van der Waals surface area contributed by atoms with Gasteiger partial charge in [-0.05, 0) is 43.2 Å². The number of rotatable bonds is 9. The molecule has 0 amide bonds. The van der Waals surface area contributed by atoms with Gasteiger partial charge in [0, 0.05) is 13.0 Å². The van der Waals surface area contributed by atoms with Gasteiger partial charge in [0.15, 0.2) is 0 Å². The minimum atomic E-state index is -3.68. The fraction of sp³-hybridized carbons (Fsp3) is 0.222. The second kappa shape index (κ2) is 9.50. The highest BCUT2D eigenvalue weighted by Gasteiger charge is 2.13. The largest absolute Gasteiger partial charge is 0.481 e. The fourth-order valence-electron chi connectivity index (χ4n) is 2.17. The van der Waals surface area contributed by atoms with Crippen molar-refractivity contribution in [2.45, 2.75) is 24.7 Å². The van der Waals surface area contributed by atoms with E-state index < -0.39 is 16.0 Å². The maximum absolute atomic E-state index is 12.2. The van der Waals surface area contributed by atoms with E-state index in [4.69, 9.17) is 16.7 Å². The highest BCUT2D eigenvalue weighted by atomic mass is 35.5. The summed E-state index contributed by atoms with van der Waals surface area (Å²) in [5.74, 6) is -0.960. The molecule has 0 aliphatic heterocycles. The van der Waals surface area contributed by atoms with Crippen LogP contribution in [0.3, 0.4) is 0 Å². The minimum absolute atomic E-state index is 0.0681. The average Bonchev–Trinajstić information content (AvgIpc) is 2.64. The lowest BCUT2D eigenvalue weighted by atomic mass is 10.1. The number of hydrogen-bond donors (Lipinski definition) is 3. The molecule has 0 aliphatic rings. The van der Waals surface area contributed by atoms with E-state index in [1.807, 2.05) is 12.1 Å². The molecule has 27 heavy (non-hydrogen) atoms. The van der Waals surface area contributed by atoms with Gasteiger partial charge in [-0.3, -0.25) is 10.2 Å². The number of halogens is 1. The number of anilines is 1. The van der Waals surface area contributed by atoms with Crippen LogP contribution in [0, 0.1) is 0 Å². The van der Waals surface area contributed by atoms with E-state index in [0.29, 0.717) is 16.4 Å². The lowest BCUT2D eigenvalue weighted by molar-refractivity contribution is -0.137. The summed E-state index contributed by atoms with van der Waals surface area (Å²) in [6, 6.07) is 13.5. The molecule has 0 aliphatic carbocycles. The molecule has 0 unspecified atom stereocenters. The van der Waals surface area contributed by atoms with Gasteiger partial charge in [-0.25, -0.2) is 13.1 Å². The zero-order valence-corrected chi connectivity index (χ0v) is 16.2. The van der Waals surface area contributed by atoms with E-state index in [1.165, 1.54) is 12.1 Å². The minimum Gasteiger partial charge on any atom is -0.481 e. The number of nitrogens with one attached hydrogen (secondary N) is 2. The van der Waals surface area contributed by atoms with Crippen molar-refractivity contribution >= 4 is 39.0 Å². The third kappa shape index (κ3) is 6.35. The Bertz CT molecular complexity index is 928. The molecule has 0 radical (unpaired) electrons. The van der Waals surface area contributed by atoms with Crippen molar-refractivity contribution in [3.05, 3.63) is 59.1 Å². The van der Waals surface area contributed by atoms with Crippen LogP contribution >= 0.6 is 11.6 Å². The summed E-state index contributed by atoms with van der Waals surface area (Å²) >= 11 is 6.06. The Labute approximate surface area is 163 Å². The van der Waals surface area contributed by atoms with E-state index in [-0.39, 0.29) is 24.3 Å². The van der Waals surface area contributed by atoms with Crippen molar-refractivity contribution in [1.82, 2.24) is 4.72 Å². The lowest BCUT2D eigenvalue weighted by Gasteiger charge is -2.08. The van der Waals surface area contributed by atoms with Crippen LogP contribution in [0.1, 0.15) is 25.3 Å². The van der Waals surface area contributed by atoms with Gasteiger partial charge in [0.05, 0.1) is 21.3 Å². The van der Waals surface area contributed by atoms with Crippen molar-refractivity contribution in [3.63, 3.8) is 0 Å². The van der Waals surface area contributed by atoms with Gasteiger partial charge in [0.2, 0.25) is 10.0 Å². The van der Waals surface area contributed by atoms with Gasteiger partial charge in [-0.2, -0.15) is 5.10 Å². The summed E-state index contributed by atoms with van der Waals surface area (Å²) in [4.78, 5) is 10.6. The summed E-state index contributed by atoms with van der Waals surface area (Å²) in [6.07, 6.45) is 0.141. The number of carbonyl (C=O) groups is 1. The number of para-hydroxylation sites is 1. The zero-order chi connectivity index (χ0) is 19.9. The molecule has 2 rings (SSSR count). The number of nitrogens with zero attached hydrogens (tertiary/aromatic N) is 1. The summed E-state index contributed by atoms with van der Waals surface area (Å²) in [5.41, 5.74) is 4.96. The molecule has 9 heteroatoms. The summed E-state index contributed by atoms with van der Waals surface area (Å²) in [7, 11) is -3.68. The fourth-order valence-corrected chi connectivity index (χ4v) is 3.42. The molecule has 0 bridgehead atoms. The van der Waals surface area contributed by atoms with Gasteiger partial charge in [0.25, 0.3) is 0 Å². The summed E-state index contributed by atoms with van der Waals surface area (Å²) < 4.78 is 26.8. The number of aliphatic carboxylic acids is 1. The van der Waals surface area contributed by atoms with E-state index in [0.717, 1.165) is 5.56 Å². The molecule has 7 nitrogen and oxygen atoms in total. The van der Waals surface area contributed by atoms with E-state index in [1.54, 1.807) is 31.2 Å². The van der Waals surface area contributed by atoms with Crippen molar-refractivity contribution in [2.75, 3.05) is 12.0 Å². The van der Waals surface area contributed by atoms with Crippen LogP contribution in [0.4, 0.5) is 5.69 Å². The average molecular weight is 410 g/mol. The van der Waals surface area contributed by atoms with Gasteiger partial charge < -0.3 is 5.11 Å². The van der Waals surface area contributed by atoms with Crippen LogP contribution in [0.2, 0.25) is 5.02 Å². The molecule has 3 N–H and O–H groups in total. The molecule has 2 aromatic carbocycles. The third-order valence-corrected chi connectivity index (χ3v) is 5.47. The number of benzene rings is 2. The van der Waals surface area contributed by atoms with Gasteiger partial charge in [0.1, 0.15) is 0 Å². The second-order valence-corrected chi connectivity index (χ2v) is 7.88. The highest BCUT2D eigenvalue weighted by molar-refractivity contribution is 7.89. The van der Waals surface area contributed by atoms with Crippen LogP contribution in [0.25, 0.3) is 0 Å². The van der Waals surface area contributed by atoms with Crippen LogP contribution in [0.15, 0.2) is 58.5 Å². The molecule has 0 heterocycles. The smallest absolute Gasteiger partial charge is 0.303 e. The highest BCUT2D eigenvalue weighted by Crippen LogP contribution is 2.20. The Morgan fingerprint density at radius 2 is 1.81 bits per heavy atom. The first-order valence-corrected chi connectivity index (χ1v) is 10.0. The molecular weight excluding hydrogens is 390 g/mol. The Balaban J connectivity index is 2.02. The number of hydrazone groups is 1. The molecule has 0 fully saturated rings. The quantitative estimate of drug-likeness (QED) is 0.334. The first-order chi connectivity index (χ1) is 12.8. The molecule has 0 aromatic heterocycles. The molecule has 0 saturated heterocycles. The van der Waals surface area contributed by atoms with Crippen LogP contribution < -0.4 is 10.1 Å². The normalized spacial score (nSPS) is 12.0. The van der Waals surface area contributed by atoms with Gasteiger partial charge in [-0.15, -0.1) is 0 Å². The molecule has 2 aromatic rings. The molecule has 144 valence electrons. The SMILES string of the molecule is C/C(=N/Nc1ccccc1Cl)c1ccc(S(=O)(=O)NCCCC(=O)O)cc1. The predicted molar refractivity (Wildman–Crippen MR) is 106 cm³/mol. The third-order valence-electron chi connectivity index (χ3n) is 3.66. The summed E-state index contributed by atoms with van der Waals surface area (Å²) in [5, 5.41) is 13.4. The first kappa shape index (κ1) is 20.9. The first-order valence-electron chi connectivity index (χ1n) is 8.16. The Morgan fingerprint density at radius 3 is 2.44 bits per heavy atom. The Hall–Kier alpha value is -2.42. The standard InChI is InChI=1S/C18H20ClN3O4S/c1-13(21-22-17-6-3-2-5-16(17)19)14-8-10-15(11-9-14)27(25,26)20-12-4-7-18(23)24/h2-3,5-6,8-11,20,22H,4,7,12H2,1H3,(H,23,24)/b21-13-. The van der Waals surface area contributed by atoms with Crippen LogP contribution in [-0.4, -0.2) is 31.8 Å². The Morgan fingerprint density at radius 1 is 1.15 bits per heavy atom. The van der Waals surface area contributed by atoms with E-state index in [9.17, 15) is 13.2 Å². The maximum Gasteiger partial charge on any atom is 0.303 e. The van der Waals surface area contributed by atoms with Crippen LogP contribution in [0.5, 0.6) is 0 Å². The lowest BCUT2D eigenvalue weighted by Crippen LogP contribution is -2.25. The maximum atomic E-state index is 12.2. The predicted octanol–water partition coefficient (Wildman–Crippen LogP) is 3.32.